The summed E-state index contributed by atoms with van der Waals surface area (Å²) < 4.78 is 19.1. The Morgan fingerprint density at radius 2 is 2.00 bits per heavy atom. The van der Waals surface area contributed by atoms with Crippen molar-refractivity contribution in [2.24, 2.45) is 4.99 Å². The molecule has 0 amide bonds. The van der Waals surface area contributed by atoms with Gasteiger partial charge in [-0.1, -0.05) is 29.5 Å². The average molecular weight is 638 g/mol. The number of fused-ring (bicyclic) bond motifs is 1. The van der Waals surface area contributed by atoms with Crippen molar-refractivity contribution in [2.75, 3.05) is 13.7 Å². The fourth-order valence-corrected chi connectivity index (χ4v) is 6.22. The van der Waals surface area contributed by atoms with Gasteiger partial charge in [0.1, 0.15) is 17.3 Å². The Kier molecular flexibility index (Phi) is 7.78. The number of hydrogen-bond acceptors (Lipinski definition) is 9. The molecule has 2 aromatic heterocycles. The molecule has 4 aromatic rings. The van der Waals surface area contributed by atoms with Crippen molar-refractivity contribution < 1.29 is 23.6 Å². The van der Waals surface area contributed by atoms with Gasteiger partial charge in [-0.3, -0.25) is 19.5 Å². The third-order valence-electron chi connectivity index (χ3n) is 6.60. The molecule has 0 fully saturated rings. The highest BCUT2D eigenvalue weighted by Gasteiger charge is 2.33. The van der Waals surface area contributed by atoms with Crippen molar-refractivity contribution in [1.29, 1.82) is 0 Å². The average Bonchev–Trinajstić information content (AvgIpc) is 3.52. The number of benzene rings is 2. The standard InChI is InChI=1S/C29H24BrN3O7S/c1-5-39-28(35)25-16(3)31-29-32(26(25)18-8-10-23(38-4)20(30)12-18)27(34)24(41-29)14-19-9-11-22(40-19)17-7-6-15(2)21(13-17)33(36)37/h6-14,26H,5H2,1-4H3/b24-14-. The first-order chi connectivity index (χ1) is 19.6. The first kappa shape index (κ1) is 28.2. The highest BCUT2D eigenvalue weighted by atomic mass is 79.9. The van der Waals surface area contributed by atoms with Crippen molar-refractivity contribution >= 4 is 45.0 Å². The molecule has 0 bridgehead atoms. The fourth-order valence-electron chi connectivity index (χ4n) is 4.63. The second-order valence-electron chi connectivity index (χ2n) is 9.16. The van der Waals surface area contributed by atoms with E-state index < -0.39 is 16.9 Å². The second kappa shape index (κ2) is 11.3. The summed E-state index contributed by atoms with van der Waals surface area (Å²) in [5.41, 5.74) is 2.11. The molecule has 0 radical (unpaired) electrons. The van der Waals surface area contributed by atoms with Crippen LogP contribution in [0.5, 0.6) is 5.75 Å². The van der Waals surface area contributed by atoms with E-state index in [1.165, 1.54) is 22.0 Å². The highest BCUT2D eigenvalue weighted by molar-refractivity contribution is 9.10. The van der Waals surface area contributed by atoms with Crippen LogP contribution in [-0.4, -0.2) is 29.2 Å². The zero-order valence-electron chi connectivity index (χ0n) is 22.5. The van der Waals surface area contributed by atoms with Gasteiger partial charge in [0.05, 0.1) is 45.0 Å². The van der Waals surface area contributed by atoms with Crippen LogP contribution in [0.25, 0.3) is 17.4 Å². The topological polar surface area (TPSA) is 126 Å². The molecular formula is C29H24BrN3O7S. The summed E-state index contributed by atoms with van der Waals surface area (Å²) in [6, 6.07) is 12.8. The van der Waals surface area contributed by atoms with E-state index in [1.54, 1.807) is 76.4 Å². The van der Waals surface area contributed by atoms with Crippen LogP contribution in [0.3, 0.4) is 0 Å². The van der Waals surface area contributed by atoms with E-state index in [-0.39, 0.29) is 23.4 Å². The number of rotatable bonds is 7. The zero-order valence-corrected chi connectivity index (χ0v) is 24.9. The van der Waals surface area contributed by atoms with Crippen LogP contribution in [0.1, 0.15) is 36.8 Å². The molecule has 5 rings (SSSR count). The van der Waals surface area contributed by atoms with Crippen LogP contribution in [0.4, 0.5) is 5.69 Å². The number of halogens is 1. The van der Waals surface area contributed by atoms with Gasteiger partial charge in [0.15, 0.2) is 4.80 Å². The number of esters is 1. The number of aryl methyl sites for hydroxylation is 1. The summed E-state index contributed by atoms with van der Waals surface area (Å²) in [7, 11) is 1.55. The zero-order chi connectivity index (χ0) is 29.4. The molecule has 0 aliphatic carbocycles. The Hall–Kier alpha value is -4.29. The molecule has 1 aliphatic heterocycles. The molecule has 12 heteroatoms. The van der Waals surface area contributed by atoms with Crippen molar-refractivity contribution in [3.63, 3.8) is 0 Å². The third-order valence-corrected chi connectivity index (χ3v) is 8.20. The second-order valence-corrected chi connectivity index (χ2v) is 11.0. The van der Waals surface area contributed by atoms with Gasteiger partial charge in [-0.25, -0.2) is 9.79 Å². The Morgan fingerprint density at radius 3 is 2.68 bits per heavy atom. The third kappa shape index (κ3) is 5.27. The van der Waals surface area contributed by atoms with Crippen molar-refractivity contribution in [3.05, 3.63) is 111 Å². The van der Waals surface area contributed by atoms with Gasteiger partial charge >= 0.3 is 5.97 Å². The molecule has 1 aliphatic rings. The van der Waals surface area contributed by atoms with E-state index >= 15 is 0 Å². The van der Waals surface area contributed by atoms with Gasteiger partial charge in [0, 0.05) is 23.3 Å². The van der Waals surface area contributed by atoms with E-state index in [2.05, 4.69) is 20.9 Å². The number of nitro benzene ring substituents is 1. The van der Waals surface area contributed by atoms with E-state index in [4.69, 9.17) is 13.9 Å². The summed E-state index contributed by atoms with van der Waals surface area (Å²) in [6.45, 7) is 5.27. The number of thiazole rings is 1. The summed E-state index contributed by atoms with van der Waals surface area (Å²) in [5.74, 6) is 0.863. The Bertz CT molecular complexity index is 1920. The van der Waals surface area contributed by atoms with E-state index in [0.29, 0.717) is 53.5 Å². The van der Waals surface area contributed by atoms with Crippen molar-refractivity contribution in [3.8, 4) is 17.1 Å². The molecule has 3 heterocycles. The number of nitrogens with zero attached hydrogens (tertiary/aromatic N) is 3. The molecule has 2 aromatic carbocycles. The van der Waals surface area contributed by atoms with Gasteiger partial charge in [-0.05, 0) is 66.5 Å². The molecule has 10 nitrogen and oxygen atoms in total. The van der Waals surface area contributed by atoms with Crippen LogP contribution in [0.2, 0.25) is 0 Å². The summed E-state index contributed by atoms with van der Waals surface area (Å²) in [6.07, 6.45) is 1.60. The van der Waals surface area contributed by atoms with Crippen LogP contribution >= 0.6 is 27.3 Å². The van der Waals surface area contributed by atoms with Gasteiger partial charge < -0.3 is 13.9 Å². The Morgan fingerprint density at radius 1 is 1.22 bits per heavy atom. The fraction of sp³-hybridized carbons (Fsp3) is 0.207. The molecule has 0 N–H and O–H groups in total. The minimum Gasteiger partial charge on any atom is -0.496 e. The Labute approximate surface area is 246 Å². The number of methoxy groups -OCH3 is 1. The highest BCUT2D eigenvalue weighted by Crippen LogP contribution is 2.35. The van der Waals surface area contributed by atoms with E-state index in [9.17, 15) is 19.7 Å². The van der Waals surface area contributed by atoms with Gasteiger partial charge in [0.25, 0.3) is 11.2 Å². The molecule has 1 unspecified atom stereocenters. The predicted molar refractivity (Wildman–Crippen MR) is 157 cm³/mol. The van der Waals surface area contributed by atoms with E-state index in [1.807, 2.05) is 0 Å². The predicted octanol–water partition coefficient (Wildman–Crippen LogP) is 5.05. The number of nitro groups is 1. The Balaban J connectivity index is 1.63. The van der Waals surface area contributed by atoms with Crippen LogP contribution < -0.4 is 19.6 Å². The molecular weight excluding hydrogens is 614 g/mol. The van der Waals surface area contributed by atoms with Crippen molar-refractivity contribution in [2.45, 2.75) is 26.8 Å². The first-order valence-electron chi connectivity index (χ1n) is 12.5. The quantitative estimate of drug-likeness (QED) is 0.158. The van der Waals surface area contributed by atoms with Gasteiger partial charge in [0.2, 0.25) is 0 Å². The number of carbonyl (C=O) groups excluding carboxylic acids is 1. The lowest BCUT2D eigenvalue weighted by Gasteiger charge is -2.25. The van der Waals surface area contributed by atoms with Crippen LogP contribution in [0, 0.1) is 17.0 Å². The maximum absolute atomic E-state index is 13.8. The number of furan rings is 1. The monoisotopic (exact) mass is 637 g/mol. The lowest BCUT2D eigenvalue weighted by atomic mass is 9.96. The van der Waals surface area contributed by atoms with Crippen LogP contribution in [0.15, 0.2) is 78.5 Å². The minimum atomic E-state index is -0.782. The number of ether oxygens (including phenoxy) is 2. The minimum absolute atomic E-state index is 0.00768. The van der Waals surface area contributed by atoms with Crippen molar-refractivity contribution in [1.82, 2.24) is 4.57 Å². The molecule has 0 saturated carbocycles. The first-order valence-corrected chi connectivity index (χ1v) is 14.1. The maximum Gasteiger partial charge on any atom is 0.338 e. The van der Waals surface area contributed by atoms with Gasteiger partial charge in [-0.2, -0.15) is 0 Å². The summed E-state index contributed by atoms with van der Waals surface area (Å²) >= 11 is 4.67. The molecule has 0 saturated heterocycles. The normalized spacial score (nSPS) is 15.0. The van der Waals surface area contributed by atoms with E-state index in [0.717, 1.165) is 0 Å². The number of aromatic nitrogens is 1. The summed E-state index contributed by atoms with van der Waals surface area (Å²) in [4.78, 5) is 42.9. The lowest BCUT2D eigenvalue weighted by Crippen LogP contribution is -2.39. The smallest absolute Gasteiger partial charge is 0.338 e. The number of allylic oxidation sites excluding steroid dienone is 1. The molecule has 1 atom stereocenters. The lowest BCUT2D eigenvalue weighted by molar-refractivity contribution is -0.385. The molecule has 210 valence electrons. The summed E-state index contributed by atoms with van der Waals surface area (Å²) in [5, 5.41) is 11.4. The van der Waals surface area contributed by atoms with Crippen LogP contribution in [-0.2, 0) is 9.53 Å². The van der Waals surface area contributed by atoms with Gasteiger partial charge in [-0.15, -0.1) is 0 Å². The number of carbonyl (C=O) groups is 1. The molecule has 41 heavy (non-hydrogen) atoms. The number of hydrogen-bond donors (Lipinski definition) is 0. The largest absolute Gasteiger partial charge is 0.496 e. The molecule has 0 spiro atoms. The SMILES string of the molecule is CCOC(=O)C1=C(C)N=c2s/c(=C\c3ccc(-c4ccc(C)c([N+](=O)[O-])c4)o3)c(=O)n2C1c1ccc(OC)c(Br)c1. The maximum atomic E-state index is 13.8.